The monoisotopic (exact) mass is 168 g/mol. The summed E-state index contributed by atoms with van der Waals surface area (Å²) in [4.78, 5) is 2.47. The van der Waals surface area contributed by atoms with Gasteiger partial charge in [0.05, 0.1) is 0 Å². The zero-order valence-electron chi connectivity index (χ0n) is 8.05. The minimum Gasteiger partial charge on any atom is -0.330 e. The fourth-order valence-corrected chi connectivity index (χ4v) is 3.06. The third-order valence-electron chi connectivity index (χ3n) is 3.77. The second kappa shape index (κ2) is 3.00. The first-order valence-electron chi connectivity index (χ1n) is 5.13. The minimum absolute atomic E-state index is 0.679. The van der Waals surface area contributed by atoms with Gasteiger partial charge in [-0.05, 0) is 57.2 Å². The van der Waals surface area contributed by atoms with Crippen LogP contribution in [-0.2, 0) is 0 Å². The molecular formula is C10H20N2. The van der Waals surface area contributed by atoms with Crippen molar-refractivity contribution in [3.8, 4) is 0 Å². The van der Waals surface area contributed by atoms with Crippen LogP contribution in [0.4, 0.5) is 0 Å². The fourth-order valence-electron chi connectivity index (χ4n) is 3.06. The molecule has 1 heterocycles. The van der Waals surface area contributed by atoms with Crippen LogP contribution >= 0.6 is 0 Å². The van der Waals surface area contributed by atoms with Crippen LogP contribution in [0.3, 0.4) is 0 Å². The lowest BCUT2D eigenvalue weighted by molar-refractivity contribution is 0.279. The summed E-state index contributed by atoms with van der Waals surface area (Å²) in [6, 6.07) is 0. The van der Waals surface area contributed by atoms with Crippen molar-refractivity contribution in [2.75, 3.05) is 26.7 Å². The van der Waals surface area contributed by atoms with Gasteiger partial charge in [-0.2, -0.15) is 0 Å². The quantitative estimate of drug-likeness (QED) is 0.634. The average Bonchev–Trinajstić information content (AvgIpc) is 2.61. The molecule has 0 aromatic heterocycles. The first-order chi connectivity index (χ1) is 5.74. The molecule has 70 valence electrons. The molecule has 2 rings (SSSR count). The number of nitrogens with zero attached hydrogens (tertiary/aromatic N) is 1. The van der Waals surface area contributed by atoms with Crippen LogP contribution in [0.15, 0.2) is 0 Å². The lowest BCUT2D eigenvalue weighted by Crippen LogP contribution is -2.23. The summed E-state index contributed by atoms with van der Waals surface area (Å²) < 4.78 is 0. The summed E-state index contributed by atoms with van der Waals surface area (Å²) in [5.41, 5.74) is 6.39. The zero-order valence-corrected chi connectivity index (χ0v) is 8.05. The Morgan fingerprint density at radius 1 is 1.50 bits per heavy atom. The number of likely N-dealkylation sites (tertiary alicyclic amines) is 1. The highest BCUT2D eigenvalue weighted by atomic mass is 15.1. The van der Waals surface area contributed by atoms with Gasteiger partial charge in [0.2, 0.25) is 0 Å². The minimum atomic E-state index is 0.679. The van der Waals surface area contributed by atoms with Crippen molar-refractivity contribution in [1.29, 1.82) is 0 Å². The Morgan fingerprint density at radius 2 is 2.33 bits per heavy atom. The zero-order chi connectivity index (χ0) is 8.60. The van der Waals surface area contributed by atoms with Gasteiger partial charge in [-0.3, -0.25) is 0 Å². The van der Waals surface area contributed by atoms with E-state index in [1.165, 1.54) is 38.8 Å². The van der Waals surface area contributed by atoms with E-state index in [0.717, 1.165) is 12.5 Å². The maximum absolute atomic E-state index is 5.71. The Kier molecular flexibility index (Phi) is 2.13. The first-order valence-corrected chi connectivity index (χ1v) is 5.13. The summed E-state index contributed by atoms with van der Waals surface area (Å²) in [5.74, 6) is 0.830. The Balaban J connectivity index is 1.97. The molecule has 0 bridgehead atoms. The molecule has 1 saturated carbocycles. The SMILES string of the molecule is CN1CC[C@]2(CC[C@H](CN)C2)C1. The van der Waals surface area contributed by atoms with Gasteiger partial charge in [0, 0.05) is 6.54 Å². The molecule has 0 aromatic rings. The molecule has 12 heavy (non-hydrogen) atoms. The van der Waals surface area contributed by atoms with Gasteiger partial charge in [0.1, 0.15) is 0 Å². The molecule has 2 atom stereocenters. The molecule has 2 fully saturated rings. The molecule has 0 unspecified atom stereocenters. The molecule has 2 aliphatic rings. The Labute approximate surface area is 75.1 Å². The maximum Gasteiger partial charge on any atom is 0.00355 e. The van der Waals surface area contributed by atoms with E-state index in [2.05, 4.69) is 11.9 Å². The number of rotatable bonds is 1. The van der Waals surface area contributed by atoms with Crippen LogP contribution in [0.2, 0.25) is 0 Å². The maximum atomic E-state index is 5.71. The van der Waals surface area contributed by atoms with Crippen molar-refractivity contribution in [3.05, 3.63) is 0 Å². The Morgan fingerprint density at radius 3 is 2.83 bits per heavy atom. The molecular weight excluding hydrogens is 148 g/mol. The summed E-state index contributed by atoms with van der Waals surface area (Å²) in [6.07, 6.45) is 5.62. The van der Waals surface area contributed by atoms with Crippen molar-refractivity contribution in [2.45, 2.75) is 25.7 Å². The highest BCUT2D eigenvalue weighted by Gasteiger charge is 2.42. The van der Waals surface area contributed by atoms with Gasteiger partial charge in [0.15, 0.2) is 0 Å². The molecule has 0 aromatic carbocycles. The van der Waals surface area contributed by atoms with Gasteiger partial charge in [-0.25, -0.2) is 0 Å². The van der Waals surface area contributed by atoms with Gasteiger partial charge in [-0.15, -0.1) is 0 Å². The summed E-state index contributed by atoms with van der Waals surface area (Å²) in [6.45, 7) is 3.53. The highest BCUT2D eigenvalue weighted by Crippen LogP contribution is 2.47. The summed E-state index contributed by atoms with van der Waals surface area (Å²) in [5, 5.41) is 0. The lowest BCUT2D eigenvalue weighted by Gasteiger charge is -2.22. The van der Waals surface area contributed by atoms with Crippen molar-refractivity contribution in [2.24, 2.45) is 17.1 Å². The lowest BCUT2D eigenvalue weighted by atomic mass is 9.84. The van der Waals surface area contributed by atoms with E-state index in [4.69, 9.17) is 5.73 Å². The predicted molar refractivity (Wildman–Crippen MR) is 50.9 cm³/mol. The molecule has 2 heteroatoms. The van der Waals surface area contributed by atoms with Crippen LogP contribution in [0, 0.1) is 11.3 Å². The van der Waals surface area contributed by atoms with E-state index in [-0.39, 0.29) is 0 Å². The van der Waals surface area contributed by atoms with Crippen molar-refractivity contribution in [1.82, 2.24) is 4.90 Å². The van der Waals surface area contributed by atoms with Gasteiger partial charge >= 0.3 is 0 Å². The van der Waals surface area contributed by atoms with Crippen molar-refractivity contribution < 1.29 is 0 Å². The molecule has 2 nitrogen and oxygen atoms in total. The first kappa shape index (κ1) is 8.52. The molecule has 2 N–H and O–H groups in total. The Bertz CT molecular complexity index is 169. The van der Waals surface area contributed by atoms with Crippen LogP contribution < -0.4 is 5.73 Å². The summed E-state index contributed by atoms with van der Waals surface area (Å²) in [7, 11) is 2.24. The van der Waals surface area contributed by atoms with E-state index in [9.17, 15) is 0 Å². The van der Waals surface area contributed by atoms with Crippen LogP contribution in [0.25, 0.3) is 0 Å². The smallest absolute Gasteiger partial charge is 0.00355 e. The number of nitrogens with two attached hydrogens (primary N) is 1. The third kappa shape index (κ3) is 1.38. The van der Waals surface area contributed by atoms with E-state index < -0.39 is 0 Å². The predicted octanol–water partition coefficient (Wildman–Crippen LogP) is 1.07. The van der Waals surface area contributed by atoms with Crippen LogP contribution in [0.1, 0.15) is 25.7 Å². The van der Waals surface area contributed by atoms with E-state index in [1.54, 1.807) is 0 Å². The van der Waals surface area contributed by atoms with E-state index in [1.807, 2.05) is 0 Å². The molecule has 1 spiro atoms. The van der Waals surface area contributed by atoms with E-state index >= 15 is 0 Å². The topological polar surface area (TPSA) is 29.3 Å². The van der Waals surface area contributed by atoms with Crippen LogP contribution in [-0.4, -0.2) is 31.6 Å². The van der Waals surface area contributed by atoms with E-state index in [0.29, 0.717) is 5.41 Å². The molecule has 1 saturated heterocycles. The van der Waals surface area contributed by atoms with Gasteiger partial charge in [-0.1, -0.05) is 0 Å². The molecule has 0 amide bonds. The third-order valence-corrected chi connectivity index (χ3v) is 3.77. The van der Waals surface area contributed by atoms with Crippen LogP contribution in [0.5, 0.6) is 0 Å². The van der Waals surface area contributed by atoms with Crippen molar-refractivity contribution in [3.63, 3.8) is 0 Å². The molecule has 1 aliphatic heterocycles. The van der Waals surface area contributed by atoms with Crippen molar-refractivity contribution >= 4 is 0 Å². The number of hydrogen-bond acceptors (Lipinski definition) is 2. The van der Waals surface area contributed by atoms with Gasteiger partial charge < -0.3 is 10.6 Å². The number of hydrogen-bond donors (Lipinski definition) is 1. The highest BCUT2D eigenvalue weighted by molar-refractivity contribution is 4.95. The molecule has 1 aliphatic carbocycles. The molecule has 0 radical (unpaired) electrons. The standard InChI is InChI=1S/C10H20N2/c1-12-5-4-10(8-12)3-2-9(6-10)7-11/h9H,2-8,11H2,1H3/t9-,10-/m0/s1. The van der Waals surface area contributed by atoms with Gasteiger partial charge in [0.25, 0.3) is 0 Å². The second-order valence-electron chi connectivity index (χ2n) is 4.83. The average molecular weight is 168 g/mol. The largest absolute Gasteiger partial charge is 0.330 e. The summed E-state index contributed by atoms with van der Waals surface area (Å²) >= 11 is 0. The fraction of sp³-hybridized carbons (Fsp3) is 1.00. The normalized spacial score (nSPS) is 43.0. The Hall–Kier alpha value is -0.0800. The second-order valence-corrected chi connectivity index (χ2v) is 4.83.